The van der Waals surface area contributed by atoms with E-state index in [1.165, 1.54) is 0 Å². The first kappa shape index (κ1) is 16.9. The molecule has 27 heavy (non-hydrogen) atoms. The molecule has 4 heteroatoms. The molecule has 0 spiro atoms. The summed E-state index contributed by atoms with van der Waals surface area (Å²) in [5.74, 6) is 2.49. The second-order valence-electron chi connectivity index (χ2n) is 6.00. The monoisotopic (exact) mass is 357 g/mol. The number of fused-ring (bicyclic) bond motifs is 1. The predicted octanol–water partition coefficient (Wildman–Crippen LogP) is 5.61. The minimum Gasteiger partial charge on any atom is -0.493 e. The normalized spacial score (nSPS) is 10.6. The molecule has 0 bridgehead atoms. The molecular formula is C23H19NO3. The fourth-order valence-electron chi connectivity index (χ4n) is 2.83. The Bertz CT molecular complexity index is 1050. The Morgan fingerprint density at radius 3 is 2.26 bits per heavy atom. The Labute approximate surface area is 158 Å². The van der Waals surface area contributed by atoms with E-state index < -0.39 is 0 Å². The molecular weight excluding hydrogens is 338 g/mol. The van der Waals surface area contributed by atoms with Crippen molar-refractivity contribution in [2.45, 2.75) is 6.61 Å². The van der Waals surface area contributed by atoms with Crippen molar-refractivity contribution in [1.29, 1.82) is 0 Å². The average molecular weight is 357 g/mol. The minimum atomic E-state index is 0.485. The highest BCUT2D eigenvalue weighted by Gasteiger charge is 2.09. The van der Waals surface area contributed by atoms with Gasteiger partial charge < -0.3 is 14.2 Å². The Balaban J connectivity index is 1.62. The number of rotatable bonds is 6. The van der Waals surface area contributed by atoms with Gasteiger partial charge in [0.1, 0.15) is 17.9 Å². The van der Waals surface area contributed by atoms with Gasteiger partial charge >= 0.3 is 0 Å². The third-order valence-electron chi connectivity index (χ3n) is 4.18. The minimum absolute atomic E-state index is 0.485. The zero-order valence-corrected chi connectivity index (χ0v) is 15.0. The number of nitrogens with zero attached hydrogens (tertiary/aromatic N) is 1. The van der Waals surface area contributed by atoms with E-state index in [0.717, 1.165) is 22.2 Å². The third kappa shape index (κ3) is 3.85. The lowest BCUT2D eigenvalue weighted by atomic mass is 10.2. The van der Waals surface area contributed by atoms with Crippen LogP contribution < -0.4 is 14.2 Å². The number of ether oxygens (including phenoxy) is 3. The molecule has 0 amide bonds. The molecule has 0 N–H and O–H groups in total. The van der Waals surface area contributed by atoms with Crippen LogP contribution >= 0.6 is 0 Å². The van der Waals surface area contributed by atoms with Gasteiger partial charge in [-0.15, -0.1) is 0 Å². The van der Waals surface area contributed by atoms with Crippen molar-refractivity contribution < 1.29 is 14.2 Å². The summed E-state index contributed by atoms with van der Waals surface area (Å²) in [5, 5.41) is 0.993. The summed E-state index contributed by atoms with van der Waals surface area (Å²) in [5.41, 5.74) is 1.87. The van der Waals surface area contributed by atoms with Crippen LogP contribution in [-0.2, 0) is 6.61 Å². The van der Waals surface area contributed by atoms with Gasteiger partial charge in [-0.2, -0.15) is 0 Å². The highest BCUT2D eigenvalue weighted by Crippen LogP contribution is 2.32. The topological polar surface area (TPSA) is 40.6 Å². The zero-order chi connectivity index (χ0) is 18.5. The van der Waals surface area contributed by atoms with E-state index in [4.69, 9.17) is 14.2 Å². The van der Waals surface area contributed by atoms with Crippen molar-refractivity contribution in [3.05, 3.63) is 90.5 Å². The first-order chi connectivity index (χ1) is 13.3. The standard InChI is InChI=1S/C23H19NO3/c1-25-19-11-5-6-12-20(19)27-22-15-14-18-10-7-13-21(23(18)24-22)26-16-17-8-3-2-4-9-17/h2-15H,16H2,1H3. The molecule has 0 aliphatic carbocycles. The highest BCUT2D eigenvalue weighted by atomic mass is 16.5. The van der Waals surface area contributed by atoms with Crippen molar-refractivity contribution in [2.75, 3.05) is 7.11 Å². The molecule has 3 aromatic carbocycles. The summed E-state index contributed by atoms with van der Waals surface area (Å²) in [6, 6.07) is 27.3. The molecule has 0 saturated heterocycles. The largest absolute Gasteiger partial charge is 0.493 e. The second kappa shape index (κ2) is 7.79. The summed E-state index contributed by atoms with van der Waals surface area (Å²) in [6.07, 6.45) is 0. The molecule has 0 radical (unpaired) electrons. The van der Waals surface area contributed by atoms with Gasteiger partial charge in [0.2, 0.25) is 5.88 Å². The number of benzene rings is 3. The van der Waals surface area contributed by atoms with Gasteiger partial charge in [0.15, 0.2) is 11.5 Å². The number of hydrogen-bond donors (Lipinski definition) is 0. The maximum atomic E-state index is 6.01. The molecule has 134 valence electrons. The van der Waals surface area contributed by atoms with Crippen LogP contribution in [0, 0.1) is 0 Å². The van der Waals surface area contributed by atoms with Crippen LogP contribution in [0.1, 0.15) is 5.56 Å². The molecule has 0 fully saturated rings. The summed E-state index contributed by atoms with van der Waals surface area (Å²) in [7, 11) is 1.62. The molecule has 1 aromatic heterocycles. The maximum absolute atomic E-state index is 6.01. The van der Waals surface area contributed by atoms with E-state index in [1.54, 1.807) is 7.11 Å². The number of methoxy groups -OCH3 is 1. The Morgan fingerprint density at radius 2 is 1.44 bits per heavy atom. The van der Waals surface area contributed by atoms with E-state index in [0.29, 0.717) is 24.0 Å². The molecule has 4 rings (SSSR count). The van der Waals surface area contributed by atoms with Crippen LogP contribution in [0.3, 0.4) is 0 Å². The fourth-order valence-corrected chi connectivity index (χ4v) is 2.83. The molecule has 4 nitrogen and oxygen atoms in total. The Morgan fingerprint density at radius 1 is 0.704 bits per heavy atom. The van der Waals surface area contributed by atoms with Gasteiger partial charge in [0.05, 0.1) is 7.11 Å². The number of pyridine rings is 1. The van der Waals surface area contributed by atoms with Gasteiger partial charge in [0, 0.05) is 11.5 Å². The summed E-state index contributed by atoms with van der Waals surface area (Å²) < 4.78 is 17.3. The third-order valence-corrected chi connectivity index (χ3v) is 4.18. The number of hydrogen-bond acceptors (Lipinski definition) is 4. The number of aromatic nitrogens is 1. The van der Waals surface area contributed by atoms with Crippen LogP contribution in [0.4, 0.5) is 0 Å². The molecule has 0 atom stereocenters. The van der Waals surface area contributed by atoms with Crippen molar-refractivity contribution in [3.63, 3.8) is 0 Å². The Hall–Kier alpha value is -3.53. The maximum Gasteiger partial charge on any atom is 0.220 e. The van der Waals surface area contributed by atoms with E-state index in [-0.39, 0.29) is 0 Å². The first-order valence-corrected chi connectivity index (χ1v) is 8.71. The summed E-state index contributed by atoms with van der Waals surface area (Å²) >= 11 is 0. The van der Waals surface area contributed by atoms with Crippen LogP contribution in [0.15, 0.2) is 84.9 Å². The second-order valence-corrected chi connectivity index (χ2v) is 6.00. The van der Waals surface area contributed by atoms with Crippen LogP contribution in [0.2, 0.25) is 0 Å². The smallest absolute Gasteiger partial charge is 0.220 e. The van der Waals surface area contributed by atoms with E-state index >= 15 is 0 Å². The first-order valence-electron chi connectivity index (χ1n) is 8.71. The van der Waals surface area contributed by atoms with E-state index in [9.17, 15) is 0 Å². The molecule has 4 aromatic rings. The van der Waals surface area contributed by atoms with Gasteiger partial charge in [-0.25, -0.2) is 4.98 Å². The van der Waals surface area contributed by atoms with Gasteiger partial charge in [-0.1, -0.05) is 54.6 Å². The average Bonchev–Trinajstić information content (AvgIpc) is 2.73. The van der Waals surface area contributed by atoms with Crippen LogP contribution in [0.25, 0.3) is 10.9 Å². The molecule has 0 saturated carbocycles. The van der Waals surface area contributed by atoms with Gasteiger partial charge in [0.25, 0.3) is 0 Å². The van der Waals surface area contributed by atoms with Crippen molar-refractivity contribution in [2.24, 2.45) is 0 Å². The molecule has 0 unspecified atom stereocenters. The highest BCUT2D eigenvalue weighted by molar-refractivity contribution is 5.85. The van der Waals surface area contributed by atoms with Crippen molar-refractivity contribution in [1.82, 2.24) is 4.98 Å². The molecule has 0 aliphatic rings. The van der Waals surface area contributed by atoms with Crippen LogP contribution in [-0.4, -0.2) is 12.1 Å². The predicted molar refractivity (Wildman–Crippen MR) is 106 cm³/mol. The molecule has 0 aliphatic heterocycles. The molecule has 1 heterocycles. The van der Waals surface area contributed by atoms with Crippen LogP contribution in [0.5, 0.6) is 23.1 Å². The quantitative estimate of drug-likeness (QED) is 0.449. The number of para-hydroxylation sites is 3. The van der Waals surface area contributed by atoms with Gasteiger partial charge in [-0.05, 0) is 29.8 Å². The van der Waals surface area contributed by atoms with Crippen molar-refractivity contribution >= 4 is 10.9 Å². The summed E-state index contributed by atoms with van der Waals surface area (Å²) in [6.45, 7) is 0.485. The van der Waals surface area contributed by atoms with Crippen molar-refractivity contribution in [3.8, 4) is 23.1 Å². The lowest BCUT2D eigenvalue weighted by Crippen LogP contribution is -1.97. The zero-order valence-electron chi connectivity index (χ0n) is 15.0. The fraction of sp³-hybridized carbons (Fsp3) is 0.0870. The summed E-state index contributed by atoms with van der Waals surface area (Å²) in [4.78, 5) is 4.66. The van der Waals surface area contributed by atoms with E-state index in [2.05, 4.69) is 4.98 Å². The van der Waals surface area contributed by atoms with Gasteiger partial charge in [-0.3, -0.25) is 0 Å². The lowest BCUT2D eigenvalue weighted by Gasteiger charge is -2.12. The Kier molecular flexibility index (Phi) is 4.88. The SMILES string of the molecule is COc1ccccc1Oc1ccc2cccc(OCc3ccccc3)c2n1. The lowest BCUT2D eigenvalue weighted by molar-refractivity contribution is 0.309. The van der Waals surface area contributed by atoms with E-state index in [1.807, 2.05) is 84.9 Å².